The number of ether oxygens (including phenoxy) is 1. The van der Waals surface area contributed by atoms with Gasteiger partial charge in [0.05, 0.1) is 13.1 Å². The molecule has 0 radical (unpaired) electrons. The second kappa shape index (κ2) is 8.67. The van der Waals surface area contributed by atoms with Gasteiger partial charge in [-0.05, 0) is 36.4 Å². The highest BCUT2D eigenvalue weighted by atomic mass is 35.5. The standard InChI is InChI=1S/C22H20ClFN4O2/c1-2-19(29)14-4-3-5-16(10-14)26-21-8-9-25-22(27-21)28-12-17(13-28)30-20-7-6-15(23)11-18(20)24/h3-11,17H,2,12-13H2,1H3,(H,25,26,27). The lowest BCUT2D eigenvalue weighted by Crippen LogP contribution is -2.54. The smallest absolute Gasteiger partial charge is 0.227 e. The number of anilines is 3. The summed E-state index contributed by atoms with van der Waals surface area (Å²) in [6, 6.07) is 13.4. The van der Waals surface area contributed by atoms with Gasteiger partial charge in [0.2, 0.25) is 5.95 Å². The molecule has 0 aliphatic carbocycles. The summed E-state index contributed by atoms with van der Waals surface area (Å²) in [7, 11) is 0. The molecule has 3 aromatic rings. The number of carbonyl (C=O) groups is 1. The van der Waals surface area contributed by atoms with Crippen LogP contribution in [0.2, 0.25) is 5.02 Å². The van der Waals surface area contributed by atoms with Gasteiger partial charge in [-0.3, -0.25) is 4.79 Å². The van der Waals surface area contributed by atoms with Gasteiger partial charge < -0.3 is 15.0 Å². The Morgan fingerprint density at radius 1 is 1.27 bits per heavy atom. The first-order valence-electron chi connectivity index (χ1n) is 9.62. The molecule has 4 rings (SSSR count). The van der Waals surface area contributed by atoms with Gasteiger partial charge in [0.1, 0.15) is 11.9 Å². The lowest BCUT2D eigenvalue weighted by molar-refractivity contribution is 0.0988. The number of hydrogen-bond acceptors (Lipinski definition) is 6. The number of nitrogens with one attached hydrogen (secondary N) is 1. The number of nitrogens with zero attached hydrogens (tertiary/aromatic N) is 3. The van der Waals surface area contributed by atoms with E-state index in [0.29, 0.717) is 41.9 Å². The maximum absolute atomic E-state index is 13.9. The van der Waals surface area contributed by atoms with Crippen molar-refractivity contribution in [3.8, 4) is 5.75 Å². The summed E-state index contributed by atoms with van der Waals surface area (Å²) in [5, 5.41) is 3.54. The van der Waals surface area contributed by atoms with Crippen LogP contribution in [0.25, 0.3) is 0 Å². The largest absolute Gasteiger partial charge is 0.484 e. The van der Waals surface area contributed by atoms with E-state index in [2.05, 4.69) is 15.3 Å². The summed E-state index contributed by atoms with van der Waals surface area (Å²) in [5.74, 6) is 0.964. The van der Waals surface area contributed by atoms with Crippen molar-refractivity contribution in [1.82, 2.24) is 9.97 Å². The molecule has 1 saturated heterocycles. The Bertz CT molecular complexity index is 1070. The highest BCUT2D eigenvalue weighted by Gasteiger charge is 2.31. The zero-order valence-electron chi connectivity index (χ0n) is 16.3. The van der Waals surface area contributed by atoms with Gasteiger partial charge in [0, 0.05) is 28.9 Å². The first kappa shape index (κ1) is 20.1. The summed E-state index contributed by atoms with van der Waals surface area (Å²) >= 11 is 5.77. The molecule has 1 N–H and O–H groups in total. The number of rotatable bonds is 7. The molecule has 1 aliphatic heterocycles. The van der Waals surface area contributed by atoms with E-state index < -0.39 is 5.82 Å². The number of ketones is 1. The second-order valence-electron chi connectivity index (χ2n) is 6.94. The van der Waals surface area contributed by atoms with E-state index in [1.165, 1.54) is 12.1 Å². The van der Waals surface area contributed by atoms with Crippen molar-refractivity contribution in [3.05, 3.63) is 71.1 Å². The first-order chi connectivity index (χ1) is 14.5. The summed E-state index contributed by atoms with van der Waals surface area (Å²) in [4.78, 5) is 22.7. The number of halogens is 2. The van der Waals surface area contributed by atoms with Gasteiger partial charge in [-0.1, -0.05) is 30.7 Å². The molecule has 1 fully saturated rings. The molecule has 30 heavy (non-hydrogen) atoms. The van der Waals surface area contributed by atoms with Crippen LogP contribution < -0.4 is 15.0 Å². The maximum Gasteiger partial charge on any atom is 0.227 e. The molecule has 0 unspecified atom stereocenters. The average molecular weight is 427 g/mol. The lowest BCUT2D eigenvalue weighted by Gasteiger charge is -2.39. The first-order valence-corrected chi connectivity index (χ1v) is 9.99. The zero-order chi connectivity index (χ0) is 21.1. The number of carbonyl (C=O) groups excluding carboxylic acids is 1. The predicted octanol–water partition coefficient (Wildman–Crippen LogP) is 4.87. The quantitative estimate of drug-likeness (QED) is 0.543. The molecular formula is C22H20ClFN4O2. The fourth-order valence-corrected chi connectivity index (χ4v) is 3.28. The van der Waals surface area contributed by atoms with Crippen LogP contribution in [0.4, 0.5) is 21.8 Å². The highest BCUT2D eigenvalue weighted by molar-refractivity contribution is 6.30. The molecular weight excluding hydrogens is 407 g/mol. The van der Waals surface area contributed by atoms with E-state index in [1.807, 2.05) is 30.0 Å². The molecule has 0 spiro atoms. The van der Waals surface area contributed by atoms with Crippen LogP contribution in [-0.4, -0.2) is 34.9 Å². The third kappa shape index (κ3) is 4.52. The van der Waals surface area contributed by atoms with Crippen molar-refractivity contribution in [2.75, 3.05) is 23.3 Å². The third-order valence-corrected chi connectivity index (χ3v) is 4.97. The molecule has 0 amide bonds. The van der Waals surface area contributed by atoms with Crippen LogP contribution >= 0.6 is 11.6 Å². The number of benzene rings is 2. The average Bonchev–Trinajstić information content (AvgIpc) is 2.71. The molecule has 0 atom stereocenters. The van der Waals surface area contributed by atoms with Crippen molar-refractivity contribution in [2.24, 2.45) is 0 Å². The summed E-state index contributed by atoms with van der Waals surface area (Å²) in [5.41, 5.74) is 1.44. The van der Waals surface area contributed by atoms with Gasteiger partial charge >= 0.3 is 0 Å². The molecule has 6 nitrogen and oxygen atoms in total. The Balaban J connectivity index is 1.38. The minimum absolute atomic E-state index is 0.0887. The number of Topliss-reactive ketones (excluding diaryl/α,β-unsaturated/α-hetero) is 1. The third-order valence-electron chi connectivity index (χ3n) is 4.74. The number of hydrogen-bond donors (Lipinski definition) is 1. The van der Waals surface area contributed by atoms with Crippen LogP contribution in [0.15, 0.2) is 54.7 Å². The van der Waals surface area contributed by atoms with Gasteiger partial charge in [0.25, 0.3) is 0 Å². The van der Waals surface area contributed by atoms with E-state index >= 15 is 0 Å². The van der Waals surface area contributed by atoms with E-state index in [4.69, 9.17) is 16.3 Å². The minimum Gasteiger partial charge on any atom is -0.484 e. The molecule has 1 aromatic heterocycles. The second-order valence-corrected chi connectivity index (χ2v) is 7.38. The van der Waals surface area contributed by atoms with Gasteiger partial charge in [-0.25, -0.2) is 9.37 Å². The molecule has 1 aliphatic rings. The molecule has 2 heterocycles. The predicted molar refractivity (Wildman–Crippen MR) is 114 cm³/mol. The van der Waals surface area contributed by atoms with Crippen LogP contribution in [0.3, 0.4) is 0 Å². The van der Waals surface area contributed by atoms with Gasteiger partial charge in [-0.2, -0.15) is 4.98 Å². The molecule has 0 bridgehead atoms. The fourth-order valence-electron chi connectivity index (χ4n) is 3.12. The van der Waals surface area contributed by atoms with Gasteiger partial charge in [0.15, 0.2) is 17.3 Å². The highest BCUT2D eigenvalue weighted by Crippen LogP contribution is 2.26. The Hall–Kier alpha value is -3.19. The van der Waals surface area contributed by atoms with Crippen LogP contribution in [0, 0.1) is 5.82 Å². The van der Waals surface area contributed by atoms with Crippen molar-refractivity contribution in [3.63, 3.8) is 0 Å². The van der Waals surface area contributed by atoms with Crippen LogP contribution in [0.1, 0.15) is 23.7 Å². The summed E-state index contributed by atoms with van der Waals surface area (Å²) in [6.45, 7) is 2.93. The number of aromatic nitrogens is 2. The SMILES string of the molecule is CCC(=O)c1cccc(Nc2ccnc(N3CC(Oc4ccc(Cl)cc4F)C3)n2)c1. The Morgan fingerprint density at radius 2 is 2.10 bits per heavy atom. The van der Waals surface area contributed by atoms with E-state index in [0.717, 1.165) is 5.69 Å². The van der Waals surface area contributed by atoms with Crippen molar-refractivity contribution < 1.29 is 13.9 Å². The van der Waals surface area contributed by atoms with Crippen molar-refractivity contribution in [1.29, 1.82) is 0 Å². The Morgan fingerprint density at radius 3 is 2.87 bits per heavy atom. The fraction of sp³-hybridized carbons (Fsp3) is 0.227. The van der Waals surface area contributed by atoms with E-state index in [1.54, 1.807) is 24.4 Å². The Kier molecular flexibility index (Phi) is 5.81. The van der Waals surface area contributed by atoms with E-state index in [9.17, 15) is 9.18 Å². The van der Waals surface area contributed by atoms with Crippen molar-refractivity contribution >= 4 is 34.8 Å². The molecule has 154 valence electrons. The van der Waals surface area contributed by atoms with E-state index in [-0.39, 0.29) is 17.6 Å². The zero-order valence-corrected chi connectivity index (χ0v) is 17.1. The minimum atomic E-state index is -0.479. The van der Waals surface area contributed by atoms with Crippen molar-refractivity contribution in [2.45, 2.75) is 19.4 Å². The Labute approximate surface area is 178 Å². The molecule has 0 saturated carbocycles. The summed E-state index contributed by atoms with van der Waals surface area (Å²) < 4.78 is 19.6. The monoisotopic (exact) mass is 426 g/mol. The maximum atomic E-state index is 13.9. The van der Waals surface area contributed by atoms with Gasteiger partial charge in [-0.15, -0.1) is 0 Å². The van der Waals surface area contributed by atoms with Crippen LogP contribution in [-0.2, 0) is 0 Å². The summed E-state index contributed by atoms with van der Waals surface area (Å²) in [6.07, 6.45) is 1.97. The topological polar surface area (TPSA) is 67.4 Å². The molecule has 2 aromatic carbocycles. The lowest BCUT2D eigenvalue weighted by atomic mass is 10.1. The van der Waals surface area contributed by atoms with Crippen LogP contribution in [0.5, 0.6) is 5.75 Å². The normalized spacial score (nSPS) is 13.6. The molecule has 8 heteroatoms.